The van der Waals surface area contributed by atoms with Gasteiger partial charge in [0.05, 0.1) is 19.1 Å². The summed E-state index contributed by atoms with van der Waals surface area (Å²) < 4.78 is 0. The van der Waals surface area contributed by atoms with E-state index in [1.165, 1.54) is 48.5 Å². The summed E-state index contributed by atoms with van der Waals surface area (Å²) in [4.78, 5) is 156. The Labute approximate surface area is 521 Å². The van der Waals surface area contributed by atoms with Crippen molar-refractivity contribution in [3.63, 3.8) is 0 Å². The number of hydrogen-bond donors (Lipinski definition) is 18. The zero-order chi connectivity index (χ0) is 66.9. The molecule has 8 amide bonds. The standard InChI is InChI=1S/C61H77N13O17/c1-32(2)51(59(89)72-47(60(90)91)28-36-30-66-41-12-7-6-11-39(36)41)74-58(88)48(31-75)73-56(86)45(27-35-16-20-38(77)21-17-35)70-55(85)43(25-33-9-4-3-5-10-33)69-53(83)42(13-8-24-65-61(63)64)67-54(84)44(26-34-14-18-37(76)19-15-34)71-57(87)46(29-50(80)81)68-52(82)40(62)22-23-49(78)79/h3-7,9-12,14-21,30,32,40,42-48,51,66,75-77H,8,13,22-29,31,62H2,1-2H3,(H,67,84)(H,68,82)(H,69,83)(H,70,85)(H,71,87)(H,72,89)(H,73,86)(H,74,88)(H,78,79)(H,80,81)(H,90,91)(H4,63,64,65)/t40-,42-,43-,44-,45-,46-,47-,48-,51-/m0/s1. The number of amides is 8. The molecule has 0 bridgehead atoms. The zero-order valence-corrected chi connectivity index (χ0v) is 49.8. The van der Waals surface area contributed by atoms with Gasteiger partial charge in [-0.2, -0.15) is 0 Å². The van der Waals surface area contributed by atoms with Crippen LogP contribution < -0.4 is 59.7 Å². The topological polar surface area (TPSA) is 512 Å². The lowest BCUT2D eigenvalue weighted by atomic mass is 10.00. The van der Waals surface area contributed by atoms with Gasteiger partial charge in [0.15, 0.2) is 5.96 Å². The number of aliphatic imine (C=N–C) groups is 1. The number of aliphatic hydroxyl groups is 1. The number of aliphatic hydroxyl groups excluding tert-OH is 1. The van der Waals surface area contributed by atoms with Gasteiger partial charge in [0.25, 0.3) is 0 Å². The molecule has 9 atom stereocenters. The van der Waals surface area contributed by atoms with Crippen molar-refractivity contribution in [2.45, 2.75) is 126 Å². The van der Waals surface area contributed by atoms with E-state index in [0.717, 1.165) is 10.9 Å². The van der Waals surface area contributed by atoms with E-state index in [-0.39, 0.29) is 68.9 Å². The maximum Gasteiger partial charge on any atom is 0.326 e. The number of fused-ring (bicyclic) bond motifs is 1. The number of carbonyl (C=O) groups excluding carboxylic acids is 8. The van der Waals surface area contributed by atoms with Gasteiger partial charge in [0, 0.05) is 55.7 Å². The van der Waals surface area contributed by atoms with Gasteiger partial charge in [-0.3, -0.25) is 52.9 Å². The van der Waals surface area contributed by atoms with Crippen LogP contribution in [0.5, 0.6) is 11.5 Å². The van der Waals surface area contributed by atoms with Gasteiger partial charge < -0.3 is 95.4 Å². The molecule has 0 aliphatic rings. The smallest absolute Gasteiger partial charge is 0.326 e. The van der Waals surface area contributed by atoms with Crippen LogP contribution in [0.2, 0.25) is 0 Å². The number of aromatic amines is 1. The van der Waals surface area contributed by atoms with Crippen LogP contribution in [0.4, 0.5) is 0 Å². The number of carbonyl (C=O) groups is 11. The SMILES string of the molecule is CC(C)[C@H](NC(=O)[C@H](CO)NC(=O)[C@H](Cc1ccc(O)cc1)NC(=O)[C@H](Cc1ccccc1)NC(=O)[C@H](CCCN=C(N)N)NC(=O)[C@H](Cc1ccc(O)cc1)NC(=O)[C@H](CC(=O)O)NC(=O)[C@@H](N)CCC(=O)O)C(=O)N[C@@H](Cc1c[nH]c2ccccc12)C(=O)O. The first kappa shape index (κ1) is 71.1. The lowest BCUT2D eigenvalue weighted by Crippen LogP contribution is -2.61. The lowest BCUT2D eigenvalue weighted by molar-refractivity contribution is -0.142. The molecule has 30 nitrogen and oxygen atoms in total. The third kappa shape index (κ3) is 23.1. The van der Waals surface area contributed by atoms with Crippen molar-refractivity contribution >= 4 is 82.0 Å². The number of carboxylic acids is 3. The first-order valence-electron chi connectivity index (χ1n) is 28.9. The number of phenols is 2. The Morgan fingerprint density at radius 2 is 0.945 bits per heavy atom. The van der Waals surface area contributed by atoms with Crippen LogP contribution in [0.3, 0.4) is 0 Å². The molecule has 0 unspecified atom stereocenters. The first-order valence-corrected chi connectivity index (χ1v) is 28.9. The normalized spacial score (nSPS) is 14.0. The molecule has 0 aliphatic carbocycles. The second-order valence-corrected chi connectivity index (χ2v) is 21.8. The molecular formula is C61H77N13O17. The fraction of sp³-hybridized carbons (Fsp3) is 0.377. The second-order valence-electron chi connectivity index (χ2n) is 21.8. The number of hydrogen-bond acceptors (Lipinski definition) is 16. The summed E-state index contributed by atoms with van der Waals surface area (Å²) in [5.74, 6) is -13.9. The summed E-state index contributed by atoms with van der Waals surface area (Å²) in [5, 5.41) is 80.2. The molecule has 5 rings (SSSR count). The first-order chi connectivity index (χ1) is 43.2. The van der Waals surface area contributed by atoms with E-state index in [4.69, 9.17) is 22.3 Å². The zero-order valence-electron chi connectivity index (χ0n) is 49.8. The predicted octanol–water partition coefficient (Wildman–Crippen LogP) is -1.82. The molecular weight excluding hydrogens is 1190 g/mol. The number of aliphatic carboxylic acids is 3. The second kappa shape index (κ2) is 34.8. The highest BCUT2D eigenvalue weighted by molar-refractivity contribution is 5.99. The Balaban J connectivity index is 1.42. The van der Waals surface area contributed by atoms with E-state index < -0.39 is 145 Å². The molecule has 1 aromatic heterocycles. The van der Waals surface area contributed by atoms with Crippen molar-refractivity contribution in [2.75, 3.05) is 13.2 Å². The third-order valence-corrected chi connectivity index (χ3v) is 14.3. The Hall–Kier alpha value is -10.6. The number of nitrogens with one attached hydrogen (secondary N) is 9. The summed E-state index contributed by atoms with van der Waals surface area (Å²) in [6, 6.07) is 11.7. The van der Waals surface area contributed by atoms with Crippen LogP contribution in [0, 0.1) is 5.92 Å². The van der Waals surface area contributed by atoms with E-state index in [9.17, 15) is 78.3 Å². The Morgan fingerprint density at radius 1 is 0.495 bits per heavy atom. The van der Waals surface area contributed by atoms with Gasteiger partial charge in [-0.05, 0) is 77.8 Å². The van der Waals surface area contributed by atoms with E-state index in [0.29, 0.717) is 22.3 Å². The van der Waals surface area contributed by atoms with Crippen LogP contribution in [-0.2, 0) is 78.4 Å². The number of benzene rings is 4. The number of para-hydroxylation sites is 1. The van der Waals surface area contributed by atoms with Crippen molar-refractivity contribution in [1.82, 2.24) is 47.5 Å². The fourth-order valence-electron chi connectivity index (χ4n) is 9.38. The van der Waals surface area contributed by atoms with E-state index in [2.05, 4.69) is 52.5 Å². The predicted molar refractivity (Wildman–Crippen MR) is 328 cm³/mol. The number of guanidine groups is 1. The molecule has 91 heavy (non-hydrogen) atoms. The lowest BCUT2D eigenvalue weighted by Gasteiger charge is -2.28. The Morgan fingerprint density at radius 3 is 1.44 bits per heavy atom. The minimum atomic E-state index is -1.88. The molecule has 1 heterocycles. The van der Waals surface area contributed by atoms with Crippen LogP contribution in [0.25, 0.3) is 10.9 Å². The molecule has 0 radical (unpaired) electrons. The molecule has 0 spiro atoms. The fourth-order valence-corrected chi connectivity index (χ4v) is 9.38. The third-order valence-electron chi connectivity index (χ3n) is 14.3. The maximum atomic E-state index is 14.8. The molecule has 30 heteroatoms. The van der Waals surface area contributed by atoms with Gasteiger partial charge >= 0.3 is 17.9 Å². The monoisotopic (exact) mass is 1260 g/mol. The summed E-state index contributed by atoms with van der Waals surface area (Å²) in [7, 11) is 0. The van der Waals surface area contributed by atoms with E-state index in [1.54, 1.807) is 74.6 Å². The number of nitrogens with zero attached hydrogens (tertiary/aromatic N) is 1. The number of aromatic nitrogens is 1. The van der Waals surface area contributed by atoms with Crippen LogP contribution in [-0.4, -0.2) is 174 Å². The summed E-state index contributed by atoms with van der Waals surface area (Å²) in [6.45, 7) is 2.01. The maximum absolute atomic E-state index is 14.8. The molecule has 0 saturated heterocycles. The van der Waals surface area contributed by atoms with Crippen molar-refractivity contribution in [1.29, 1.82) is 0 Å². The van der Waals surface area contributed by atoms with Gasteiger partial charge in [0.2, 0.25) is 47.3 Å². The van der Waals surface area contributed by atoms with Crippen molar-refractivity contribution < 1.29 is 83.4 Å². The summed E-state index contributed by atoms with van der Waals surface area (Å²) in [5.41, 5.74) is 19.4. The minimum absolute atomic E-state index is 0.00136. The van der Waals surface area contributed by atoms with Crippen molar-refractivity contribution in [3.05, 3.63) is 132 Å². The highest BCUT2D eigenvalue weighted by Gasteiger charge is 2.37. The van der Waals surface area contributed by atoms with Gasteiger partial charge in [0.1, 0.15) is 59.8 Å². The Kier molecular flexibility index (Phi) is 27.2. The van der Waals surface area contributed by atoms with E-state index in [1.807, 2.05) is 0 Å². The van der Waals surface area contributed by atoms with Crippen LogP contribution >= 0.6 is 0 Å². The quantitative estimate of drug-likeness (QED) is 0.0119. The molecule has 0 fully saturated rings. The van der Waals surface area contributed by atoms with Gasteiger partial charge in [-0.1, -0.05) is 86.6 Å². The number of nitrogens with two attached hydrogens (primary N) is 3. The molecule has 0 aliphatic heterocycles. The van der Waals surface area contributed by atoms with E-state index >= 15 is 0 Å². The summed E-state index contributed by atoms with van der Waals surface area (Å²) in [6.07, 6.45) is -1.67. The number of phenolic OH excluding ortho intramolecular Hbond substituents is 2. The summed E-state index contributed by atoms with van der Waals surface area (Å²) >= 11 is 0. The largest absolute Gasteiger partial charge is 0.508 e. The minimum Gasteiger partial charge on any atom is -0.508 e. The van der Waals surface area contributed by atoms with Crippen LogP contribution in [0.1, 0.15) is 68.2 Å². The number of rotatable bonds is 36. The van der Waals surface area contributed by atoms with Gasteiger partial charge in [-0.25, -0.2) is 4.79 Å². The number of aromatic hydroxyl groups is 2. The average molecular weight is 1260 g/mol. The molecule has 4 aromatic carbocycles. The Bertz CT molecular complexity index is 3380. The highest BCUT2D eigenvalue weighted by atomic mass is 16.4. The average Bonchev–Trinajstić information content (AvgIpc) is 3.38. The van der Waals surface area contributed by atoms with Crippen LogP contribution in [0.15, 0.2) is 114 Å². The van der Waals surface area contributed by atoms with Crippen molar-refractivity contribution in [3.8, 4) is 11.5 Å². The molecule has 0 saturated carbocycles. The highest BCUT2D eigenvalue weighted by Crippen LogP contribution is 2.20. The molecule has 488 valence electrons. The number of H-pyrrole nitrogens is 1. The number of carboxylic acid groups (broad SMARTS) is 3. The molecule has 5 aromatic rings. The molecule has 21 N–H and O–H groups in total. The van der Waals surface area contributed by atoms with Gasteiger partial charge in [-0.15, -0.1) is 0 Å². The van der Waals surface area contributed by atoms with Crippen molar-refractivity contribution in [2.24, 2.45) is 28.1 Å².